The zero-order valence-electron chi connectivity index (χ0n) is 17.8. The summed E-state index contributed by atoms with van der Waals surface area (Å²) in [5.41, 5.74) is 1.74. The maximum Gasteiger partial charge on any atom is 0.310 e. The predicted octanol–water partition coefficient (Wildman–Crippen LogP) is 0.111. The number of aliphatic carboxylic acids is 1. The molecule has 1 heterocycles. The lowest BCUT2D eigenvalue weighted by molar-refractivity contribution is -0.253. The minimum atomic E-state index is -1.22. The van der Waals surface area contributed by atoms with E-state index in [1.165, 1.54) is 7.05 Å². The molecule has 9 heteroatoms. The molecule has 0 aliphatic carbocycles. The summed E-state index contributed by atoms with van der Waals surface area (Å²) < 4.78 is 4.85. The molecule has 1 saturated heterocycles. The standard InChI is InChI=1S/C16H14O3.C7H15NO5/c1-11(16(18)19)13-8-5-9-14(10-13)15(17)12-6-3-2-4-7-12;1-8-4-6(11)5(10)3(2-9)13-7(4)12/h2-11H,1H3,(H,18,19);3-12H,2H2,1H3/t11-;3-,4-,5-,6-,7-/m11/s1. The number of carboxylic acids is 1. The van der Waals surface area contributed by atoms with Crippen molar-refractivity contribution in [3.8, 4) is 0 Å². The Kier molecular flexibility index (Phi) is 9.45. The Balaban J connectivity index is 0.000000244. The van der Waals surface area contributed by atoms with Crippen molar-refractivity contribution in [3.05, 3.63) is 71.3 Å². The Bertz CT molecular complexity index is 891. The molecular weight excluding hydrogens is 418 g/mol. The van der Waals surface area contributed by atoms with E-state index in [1.807, 2.05) is 6.07 Å². The summed E-state index contributed by atoms with van der Waals surface area (Å²) in [6.45, 7) is 1.17. The van der Waals surface area contributed by atoms with E-state index in [1.54, 1.807) is 55.5 Å². The molecule has 2 aromatic carbocycles. The van der Waals surface area contributed by atoms with Crippen LogP contribution in [-0.2, 0) is 9.53 Å². The first kappa shape index (κ1) is 25.6. The van der Waals surface area contributed by atoms with Crippen molar-refractivity contribution in [2.24, 2.45) is 0 Å². The molecule has 1 aliphatic rings. The van der Waals surface area contributed by atoms with Gasteiger partial charge in [-0.05, 0) is 25.6 Å². The van der Waals surface area contributed by atoms with Crippen molar-refractivity contribution < 1.29 is 39.9 Å². The molecule has 0 radical (unpaired) electrons. The Hall–Kier alpha value is -2.66. The van der Waals surface area contributed by atoms with Gasteiger partial charge in [-0.1, -0.05) is 48.5 Å². The van der Waals surface area contributed by atoms with Gasteiger partial charge in [0.1, 0.15) is 18.3 Å². The summed E-state index contributed by atoms with van der Waals surface area (Å²) >= 11 is 0. The highest BCUT2D eigenvalue weighted by Crippen LogP contribution is 2.20. The molecule has 6 atom stereocenters. The summed E-state index contributed by atoms with van der Waals surface area (Å²) in [4.78, 5) is 23.2. The molecule has 9 nitrogen and oxygen atoms in total. The number of benzene rings is 2. The van der Waals surface area contributed by atoms with Gasteiger partial charge >= 0.3 is 5.97 Å². The smallest absolute Gasteiger partial charge is 0.310 e. The van der Waals surface area contributed by atoms with Crippen LogP contribution in [0.2, 0.25) is 0 Å². The lowest BCUT2D eigenvalue weighted by Gasteiger charge is -2.39. The van der Waals surface area contributed by atoms with Crippen molar-refractivity contribution in [1.82, 2.24) is 5.32 Å². The highest BCUT2D eigenvalue weighted by Gasteiger charge is 2.42. The number of aliphatic hydroxyl groups is 4. The highest BCUT2D eigenvalue weighted by molar-refractivity contribution is 6.09. The quantitative estimate of drug-likeness (QED) is 0.338. The fourth-order valence-corrected chi connectivity index (χ4v) is 3.26. The Morgan fingerprint density at radius 3 is 2.19 bits per heavy atom. The van der Waals surface area contributed by atoms with Crippen LogP contribution in [0.15, 0.2) is 54.6 Å². The number of likely N-dealkylation sites (N-methyl/N-ethyl adjacent to an activating group) is 1. The molecule has 6 N–H and O–H groups in total. The number of rotatable bonds is 6. The summed E-state index contributed by atoms with van der Waals surface area (Å²) in [5, 5.41) is 48.4. The second-order valence-electron chi connectivity index (χ2n) is 7.42. The van der Waals surface area contributed by atoms with Gasteiger partial charge in [0.25, 0.3) is 0 Å². The number of carbonyl (C=O) groups excluding carboxylic acids is 1. The molecule has 1 fully saturated rings. The largest absolute Gasteiger partial charge is 0.481 e. The van der Waals surface area contributed by atoms with E-state index in [9.17, 15) is 24.9 Å². The summed E-state index contributed by atoms with van der Waals surface area (Å²) in [6.07, 6.45) is -4.49. The third kappa shape index (κ3) is 6.19. The molecule has 0 amide bonds. The zero-order valence-corrected chi connectivity index (χ0v) is 17.8. The maximum absolute atomic E-state index is 12.2. The third-order valence-electron chi connectivity index (χ3n) is 5.29. The molecule has 2 aromatic rings. The van der Waals surface area contributed by atoms with Crippen molar-refractivity contribution in [2.75, 3.05) is 13.7 Å². The van der Waals surface area contributed by atoms with Gasteiger partial charge in [-0.25, -0.2) is 0 Å². The molecule has 0 aromatic heterocycles. The average Bonchev–Trinajstić information content (AvgIpc) is 2.81. The molecule has 3 rings (SSSR count). The number of ketones is 1. The predicted molar refractivity (Wildman–Crippen MR) is 115 cm³/mol. The van der Waals surface area contributed by atoms with Crippen LogP contribution >= 0.6 is 0 Å². The monoisotopic (exact) mass is 447 g/mol. The first-order valence-electron chi connectivity index (χ1n) is 10.1. The molecule has 0 spiro atoms. The van der Waals surface area contributed by atoms with E-state index in [0.29, 0.717) is 16.7 Å². The number of ether oxygens (including phenoxy) is 1. The third-order valence-corrected chi connectivity index (χ3v) is 5.29. The topological polar surface area (TPSA) is 157 Å². The van der Waals surface area contributed by atoms with E-state index >= 15 is 0 Å². The van der Waals surface area contributed by atoms with Gasteiger partial charge in [0.05, 0.1) is 18.6 Å². The van der Waals surface area contributed by atoms with Crippen LogP contribution in [0.1, 0.15) is 34.3 Å². The van der Waals surface area contributed by atoms with Crippen LogP contribution in [0.5, 0.6) is 0 Å². The molecule has 0 saturated carbocycles. The second kappa shape index (κ2) is 11.8. The lowest BCUT2D eigenvalue weighted by Crippen LogP contribution is -2.62. The van der Waals surface area contributed by atoms with Gasteiger partial charge < -0.3 is 35.6 Å². The maximum atomic E-state index is 12.2. The van der Waals surface area contributed by atoms with E-state index in [2.05, 4.69) is 5.32 Å². The van der Waals surface area contributed by atoms with Crippen LogP contribution in [0.4, 0.5) is 0 Å². The van der Waals surface area contributed by atoms with Crippen LogP contribution in [0, 0.1) is 0 Å². The molecular formula is C23H29NO8. The van der Waals surface area contributed by atoms with E-state index in [4.69, 9.17) is 14.9 Å². The molecule has 32 heavy (non-hydrogen) atoms. The van der Waals surface area contributed by atoms with E-state index < -0.39 is 49.1 Å². The Morgan fingerprint density at radius 1 is 1.00 bits per heavy atom. The van der Waals surface area contributed by atoms with Crippen LogP contribution < -0.4 is 5.32 Å². The number of carboxylic acid groups (broad SMARTS) is 1. The van der Waals surface area contributed by atoms with Crippen molar-refractivity contribution in [3.63, 3.8) is 0 Å². The van der Waals surface area contributed by atoms with Gasteiger partial charge in [0.2, 0.25) is 0 Å². The summed E-state index contributed by atoms with van der Waals surface area (Å²) in [7, 11) is 1.53. The SMILES string of the molecule is CN[C@@H]1[C@@H](O)[C@H](O)[C@@H](CO)O[C@H]1O.C[C@@H](C(=O)O)c1cccc(C(=O)c2ccccc2)c1. The fourth-order valence-electron chi connectivity index (χ4n) is 3.26. The number of aliphatic hydroxyl groups excluding tert-OH is 4. The van der Waals surface area contributed by atoms with Gasteiger partial charge in [-0.2, -0.15) is 0 Å². The lowest BCUT2D eigenvalue weighted by atomic mass is 9.96. The fraction of sp³-hybridized carbons (Fsp3) is 0.391. The number of hydrogen-bond acceptors (Lipinski definition) is 8. The Labute approximate surface area is 185 Å². The van der Waals surface area contributed by atoms with Crippen LogP contribution in [0.25, 0.3) is 0 Å². The van der Waals surface area contributed by atoms with Crippen LogP contribution in [0.3, 0.4) is 0 Å². The number of nitrogens with one attached hydrogen (secondary N) is 1. The van der Waals surface area contributed by atoms with Gasteiger partial charge in [-0.15, -0.1) is 0 Å². The first-order valence-corrected chi connectivity index (χ1v) is 10.1. The minimum absolute atomic E-state index is 0.0972. The van der Waals surface area contributed by atoms with Crippen molar-refractivity contribution in [2.45, 2.75) is 43.5 Å². The number of hydrogen-bond donors (Lipinski definition) is 6. The van der Waals surface area contributed by atoms with Gasteiger partial charge in [-0.3, -0.25) is 9.59 Å². The summed E-state index contributed by atoms with van der Waals surface area (Å²) in [6, 6.07) is 15.0. The Morgan fingerprint density at radius 2 is 1.62 bits per heavy atom. The molecule has 174 valence electrons. The number of carbonyl (C=O) groups is 2. The van der Waals surface area contributed by atoms with E-state index in [-0.39, 0.29) is 5.78 Å². The van der Waals surface area contributed by atoms with Gasteiger partial charge in [0, 0.05) is 11.1 Å². The van der Waals surface area contributed by atoms with Crippen molar-refractivity contribution in [1.29, 1.82) is 0 Å². The summed E-state index contributed by atoms with van der Waals surface area (Å²) in [5.74, 6) is -1.62. The van der Waals surface area contributed by atoms with Crippen LogP contribution in [-0.4, -0.2) is 81.6 Å². The normalized spacial score (nSPS) is 25.9. The zero-order chi connectivity index (χ0) is 23.8. The minimum Gasteiger partial charge on any atom is -0.481 e. The highest BCUT2D eigenvalue weighted by atomic mass is 16.6. The molecule has 0 unspecified atom stereocenters. The average molecular weight is 447 g/mol. The molecule has 0 bridgehead atoms. The molecule has 1 aliphatic heterocycles. The van der Waals surface area contributed by atoms with E-state index in [0.717, 1.165) is 0 Å². The first-order chi connectivity index (χ1) is 15.2. The van der Waals surface area contributed by atoms with Crippen molar-refractivity contribution >= 4 is 11.8 Å². The second-order valence-corrected chi connectivity index (χ2v) is 7.42. The van der Waals surface area contributed by atoms with Gasteiger partial charge in [0.15, 0.2) is 12.1 Å².